The molecule has 1 aliphatic heterocycles. The Morgan fingerprint density at radius 1 is 0.963 bits per heavy atom. The number of benzene rings is 2. The first-order valence-corrected chi connectivity index (χ1v) is 9.53. The molecule has 0 radical (unpaired) electrons. The van der Waals surface area contributed by atoms with Crippen LogP contribution in [0.25, 0.3) is 0 Å². The molecule has 1 atom stereocenters. The maximum absolute atomic E-state index is 13.4. The molecule has 2 aliphatic rings. The minimum absolute atomic E-state index is 0.0419. The molecule has 5 nitrogen and oxygen atoms in total. The van der Waals surface area contributed by atoms with Crippen LogP contribution in [0.2, 0.25) is 0 Å². The second-order valence-electron chi connectivity index (χ2n) is 7.22. The van der Waals surface area contributed by atoms with E-state index in [0.717, 1.165) is 19.6 Å². The van der Waals surface area contributed by atoms with Crippen molar-refractivity contribution in [1.29, 1.82) is 0 Å². The van der Waals surface area contributed by atoms with E-state index in [1.165, 1.54) is 18.4 Å². The third-order valence-electron chi connectivity index (χ3n) is 5.55. The Morgan fingerprint density at radius 3 is 2.37 bits per heavy atom. The largest absolute Gasteiger partial charge is 0.493 e. The van der Waals surface area contributed by atoms with Gasteiger partial charge in [0.2, 0.25) is 0 Å². The van der Waals surface area contributed by atoms with Crippen LogP contribution in [0.15, 0.2) is 48.5 Å². The Labute approximate surface area is 160 Å². The number of methoxy groups -OCH3 is 2. The van der Waals surface area contributed by atoms with Gasteiger partial charge in [-0.05, 0) is 36.6 Å². The lowest BCUT2D eigenvalue weighted by molar-refractivity contribution is 0.0432. The van der Waals surface area contributed by atoms with Gasteiger partial charge in [-0.1, -0.05) is 30.3 Å². The van der Waals surface area contributed by atoms with Crippen LogP contribution in [0, 0.1) is 0 Å². The van der Waals surface area contributed by atoms with E-state index in [1.807, 2.05) is 29.2 Å². The number of piperazine rings is 1. The third kappa shape index (κ3) is 3.65. The van der Waals surface area contributed by atoms with Gasteiger partial charge in [0.15, 0.2) is 11.5 Å². The van der Waals surface area contributed by atoms with Gasteiger partial charge >= 0.3 is 0 Å². The van der Waals surface area contributed by atoms with E-state index >= 15 is 0 Å². The number of rotatable bonds is 5. The maximum atomic E-state index is 13.4. The number of carbonyl (C=O) groups excluding carboxylic acids is 1. The molecule has 4 rings (SSSR count). The third-order valence-corrected chi connectivity index (χ3v) is 5.55. The van der Waals surface area contributed by atoms with Crippen LogP contribution in [-0.4, -0.2) is 55.6 Å². The predicted octanol–water partition coefficient (Wildman–Crippen LogP) is 3.37. The highest BCUT2D eigenvalue weighted by atomic mass is 16.5. The highest BCUT2D eigenvalue weighted by Crippen LogP contribution is 2.35. The number of nitrogens with zero attached hydrogens (tertiary/aromatic N) is 2. The van der Waals surface area contributed by atoms with Gasteiger partial charge in [-0.2, -0.15) is 0 Å². The number of amides is 1. The predicted molar refractivity (Wildman–Crippen MR) is 104 cm³/mol. The summed E-state index contributed by atoms with van der Waals surface area (Å²) in [5.41, 5.74) is 1.82. The summed E-state index contributed by atoms with van der Waals surface area (Å²) in [5, 5.41) is 0. The second kappa shape index (κ2) is 7.61. The molecule has 142 valence electrons. The van der Waals surface area contributed by atoms with Crippen molar-refractivity contribution in [1.82, 2.24) is 9.80 Å². The molecule has 0 spiro atoms. The standard InChI is InChI=1S/C22H26N2O3/c1-26-20-11-8-17(14-21(20)27-2)22(25)24-13-12-23(18-9-10-18)15-19(24)16-6-4-3-5-7-16/h3-8,11,14,18-19H,9-10,12-13,15H2,1-2H3. The molecule has 1 heterocycles. The molecule has 2 aromatic carbocycles. The molecule has 2 aromatic rings. The average molecular weight is 366 g/mol. The number of ether oxygens (including phenoxy) is 2. The summed E-state index contributed by atoms with van der Waals surface area (Å²) < 4.78 is 10.7. The topological polar surface area (TPSA) is 42.0 Å². The van der Waals surface area contributed by atoms with Crippen molar-refractivity contribution in [2.75, 3.05) is 33.9 Å². The molecule has 1 saturated carbocycles. The maximum Gasteiger partial charge on any atom is 0.254 e. The van der Waals surface area contributed by atoms with Crippen LogP contribution in [-0.2, 0) is 0 Å². The summed E-state index contributed by atoms with van der Waals surface area (Å²) in [6, 6.07) is 16.5. The molecule has 1 amide bonds. The zero-order valence-electron chi connectivity index (χ0n) is 15.9. The fourth-order valence-electron chi connectivity index (χ4n) is 3.91. The van der Waals surface area contributed by atoms with Crippen LogP contribution >= 0.6 is 0 Å². The highest BCUT2D eigenvalue weighted by molar-refractivity contribution is 5.95. The van der Waals surface area contributed by atoms with Gasteiger partial charge in [0.1, 0.15) is 0 Å². The first-order valence-electron chi connectivity index (χ1n) is 9.53. The summed E-state index contributed by atoms with van der Waals surface area (Å²) in [4.78, 5) is 17.9. The summed E-state index contributed by atoms with van der Waals surface area (Å²) in [7, 11) is 3.19. The highest BCUT2D eigenvalue weighted by Gasteiger charge is 2.38. The minimum Gasteiger partial charge on any atom is -0.493 e. The van der Waals surface area contributed by atoms with Gasteiger partial charge in [0, 0.05) is 31.2 Å². The monoisotopic (exact) mass is 366 g/mol. The summed E-state index contributed by atoms with van der Waals surface area (Å²) >= 11 is 0. The molecular formula is C22H26N2O3. The van der Waals surface area contributed by atoms with Crippen molar-refractivity contribution >= 4 is 5.91 Å². The molecular weight excluding hydrogens is 340 g/mol. The zero-order chi connectivity index (χ0) is 18.8. The Kier molecular flexibility index (Phi) is 5.03. The lowest BCUT2D eigenvalue weighted by Gasteiger charge is -2.42. The van der Waals surface area contributed by atoms with Gasteiger partial charge in [-0.3, -0.25) is 9.69 Å². The van der Waals surface area contributed by atoms with Gasteiger partial charge in [-0.25, -0.2) is 0 Å². The SMILES string of the molecule is COc1ccc(C(=O)N2CCN(C3CC3)CC2c2ccccc2)cc1OC. The van der Waals surface area contributed by atoms with E-state index in [-0.39, 0.29) is 11.9 Å². The van der Waals surface area contributed by atoms with Crippen LogP contribution in [0.5, 0.6) is 11.5 Å². The van der Waals surface area contributed by atoms with Crippen LogP contribution in [0.1, 0.15) is 34.8 Å². The van der Waals surface area contributed by atoms with Crippen molar-refractivity contribution in [3.05, 3.63) is 59.7 Å². The van der Waals surface area contributed by atoms with Crippen molar-refractivity contribution in [2.45, 2.75) is 24.9 Å². The quantitative estimate of drug-likeness (QED) is 0.814. The molecule has 0 N–H and O–H groups in total. The molecule has 1 unspecified atom stereocenters. The fraction of sp³-hybridized carbons (Fsp3) is 0.409. The van der Waals surface area contributed by atoms with E-state index in [2.05, 4.69) is 17.0 Å². The number of carbonyl (C=O) groups is 1. The summed E-state index contributed by atoms with van der Waals surface area (Å²) in [6.45, 7) is 2.57. The van der Waals surface area contributed by atoms with Gasteiger partial charge in [0.25, 0.3) is 5.91 Å². The Balaban J connectivity index is 1.62. The smallest absolute Gasteiger partial charge is 0.254 e. The van der Waals surface area contributed by atoms with Crippen molar-refractivity contribution in [3.63, 3.8) is 0 Å². The number of hydrogen-bond donors (Lipinski definition) is 0. The Hall–Kier alpha value is -2.53. The van der Waals surface area contributed by atoms with Crippen LogP contribution in [0.3, 0.4) is 0 Å². The molecule has 5 heteroatoms. The van der Waals surface area contributed by atoms with Gasteiger partial charge in [-0.15, -0.1) is 0 Å². The lowest BCUT2D eigenvalue weighted by atomic mass is 10.0. The molecule has 27 heavy (non-hydrogen) atoms. The van der Waals surface area contributed by atoms with E-state index in [1.54, 1.807) is 26.4 Å². The summed E-state index contributed by atoms with van der Waals surface area (Å²) in [6.07, 6.45) is 2.57. The van der Waals surface area contributed by atoms with E-state index in [0.29, 0.717) is 23.1 Å². The number of hydrogen-bond acceptors (Lipinski definition) is 4. The van der Waals surface area contributed by atoms with Crippen molar-refractivity contribution in [2.24, 2.45) is 0 Å². The Morgan fingerprint density at radius 2 is 1.70 bits per heavy atom. The molecule has 1 saturated heterocycles. The first kappa shape index (κ1) is 17.9. The average Bonchev–Trinajstić information content (AvgIpc) is 3.58. The molecule has 0 aromatic heterocycles. The normalized spacial score (nSPS) is 20.4. The second-order valence-corrected chi connectivity index (χ2v) is 7.22. The van der Waals surface area contributed by atoms with Gasteiger partial charge in [0.05, 0.1) is 20.3 Å². The molecule has 1 aliphatic carbocycles. The molecule has 0 bridgehead atoms. The van der Waals surface area contributed by atoms with E-state index in [4.69, 9.17) is 9.47 Å². The zero-order valence-corrected chi connectivity index (χ0v) is 15.9. The Bertz CT molecular complexity index is 804. The van der Waals surface area contributed by atoms with Crippen molar-refractivity contribution < 1.29 is 14.3 Å². The van der Waals surface area contributed by atoms with Crippen LogP contribution in [0.4, 0.5) is 0 Å². The summed E-state index contributed by atoms with van der Waals surface area (Å²) in [5.74, 6) is 1.25. The first-order chi connectivity index (χ1) is 13.2. The van der Waals surface area contributed by atoms with E-state index < -0.39 is 0 Å². The minimum atomic E-state index is 0.0419. The molecule has 2 fully saturated rings. The van der Waals surface area contributed by atoms with Gasteiger partial charge < -0.3 is 14.4 Å². The van der Waals surface area contributed by atoms with E-state index in [9.17, 15) is 4.79 Å². The van der Waals surface area contributed by atoms with Crippen molar-refractivity contribution in [3.8, 4) is 11.5 Å². The fourth-order valence-corrected chi connectivity index (χ4v) is 3.91. The lowest BCUT2D eigenvalue weighted by Crippen LogP contribution is -2.51. The van der Waals surface area contributed by atoms with Crippen LogP contribution < -0.4 is 9.47 Å².